The third-order valence-corrected chi connectivity index (χ3v) is 2.17. The standard InChI is InChI=1S/C12H16N2O3/c1-3-13-12(16)14-8-9-4-6-10(7-5-9)11(15)17-2/h4-7H,3,8H2,1-2H3,(H2,13,14,16). The van der Waals surface area contributed by atoms with Crippen LogP contribution in [0.2, 0.25) is 0 Å². The minimum Gasteiger partial charge on any atom is -0.465 e. The zero-order valence-corrected chi connectivity index (χ0v) is 9.95. The summed E-state index contributed by atoms with van der Waals surface area (Å²) in [5, 5.41) is 5.33. The molecule has 0 saturated carbocycles. The Kier molecular flexibility index (Phi) is 5.00. The zero-order chi connectivity index (χ0) is 12.7. The van der Waals surface area contributed by atoms with E-state index in [1.807, 2.05) is 6.92 Å². The highest BCUT2D eigenvalue weighted by Gasteiger charge is 2.04. The van der Waals surface area contributed by atoms with Crippen molar-refractivity contribution >= 4 is 12.0 Å². The van der Waals surface area contributed by atoms with Crippen molar-refractivity contribution in [2.24, 2.45) is 0 Å². The molecule has 0 fully saturated rings. The van der Waals surface area contributed by atoms with Gasteiger partial charge in [-0.05, 0) is 24.6 Å². The minimum atomic E-state index is -0.367. The van der Waals surface area contributed by atoms with Crippen LogP contribution >= 0.6 is 0 Å². The van der Waals surface area contributed by atoms with Gasteiger partial charge < -0.3 is 15.4 Å². The van der Waals surface area contributed by atoms with Gasteiger partial charge in [-0.15, -0.1) is 0 Å². The summed E-state index contributed by atoms with van der Waals surface area (Å²) < 4.78 is 4.59. The van der Waals surface area contributed by atoms with Crippen LogP contribution < -0.4 is 10.6 Å². The molecule has 0 unspecified atom stereocenters. The molecule has 0 aliphatic rings. The Morgan fingerprint density at radius 1 is 1.18 bits per heavy atom. The summed E-state index contributed by atoms with van der Waals surface area (Å²) in [6.07, 6.45) is 0. The Bertz CT molecular complexity index is 387. The van der Waals surface area contributed by atoms with Gasteiger partial charge in [-0.2, -0.15) is 0 Å². The number of carbonyl (C=O) groups is 2. The fourth-order valence-electron chi connectivity index (χ4n) is 1.28. The molecule has 0 saturated heterocycles. The summed E-state index contributed by atoms with van der Waals surface area (Å²) in [7, 11) is 1.34. The van der Waals surface area contributed by atoms with Gasteiger partial charge in [0.05, 0.1) is 12.7 Å². The van der Waals surface area contributed by atoms with Gasteiger partial charge in [0.15, 0.2) is 0 Å². The van der Waals surface area contributed by atoms with Gasteiger partial charge >= 0.3 is 12.0 Å². The monoisotopic (exact) mass is 236 g/mol. The SMILES string of the molecule is CCNC(=O)NCc1ccc(C(=O)OC)cc1. The second-order valence-electron chi connectivity index (χ2n) is 3.40. The van der Waals surface area contributed by atoms with Crippen molar-refractivity contribution in [2.75, 3.05) is 13.7 Å². The van der Waals surface area contributed by atoms with E-state index in [1.165, 1.54) is 7.11 Å². The Morgan fingerprint density at radius 2 is 1.82 bits per heavy atom. The van der Waals surface area contributed by atoms with E-state index < -0.39 is 0 Å². The third-order valence-electron chi connectivity index (χ3n) is 2.17. The Labute approximate surface area is 100 Å². The maximum atomic E-state index is 11.2. The van der Waals surface area contributed by atoms with Crippen LogP contribution in [0.4, 0.5) is 4.79 Å². The molecule has 5 heteroatoms. The lowest BCUT2D eigenvalue weighted by molar-refractivity contribution is 0.0600. The molecule has 1 aromatic rings. The molecule has 0 atom stereocenters. The molecule has 5 nitrogen and oxygen atoms in total. The van der Waals surface area contributed by atoms with E-state index in [1.54, 1.807) is 24.3 Å². The number of esters is 1. The molecule has 1 aromatic carbocycles. The van der Waals surface area contributed by atoms with Crippen LogP contribution in [0.1, 0.15) is 22.8 Å². The fraction of sp³-hybridized carbons (Fsp3) is 0.333. The number of rotatable bonds is 4. The number of nitrogens with one attached hydrogen (secondary N) is 2. The van der Waals surface area contributed by atoms with E-state index in [9.17, 15) is 9.59 Å². The predicted molar refractivity (Wildman–Crippen MR) is 63.7 cm³/mol. The lowest BCUT2D eigenvalue weighted by Gasteiger charge is -2.06. The first kappa shape index (κ1) is 13.0. The molecule has 17 heavy (non-hydrogen) atoms. The van der Waals surface area contributed by atoms with Gasteiger partial charge in [0.25, 0.3) is 0 Å². The van der Waals surface area contributed by atoms with Crippen LogP contribution in [0, 0.1) is 0 Å². The van der Waals surface area contributed by atoms with Crippen molar-refractivity contribution < 1.29 is 14.3 Å². The lowest BCUT2D eigenvalue weighted by Crippen LogP contribution is -2.34. The first-order valence-corrected chi connectivity index (χ1v) is 5.36. The van der Waals surface area contributed by atoms with Gasteiger partial charge in [-0.3, -0.25) is 0 Å². The highest BCUT2D eigenvalue weighted by Crippen LogP contribution is 2.05. The molecule has 1 rings (SSSR count). The number of ether oxygens (including phenoxy) is 1. The number of urea groups is 1. The van der Waals surface area contributed by atoms with Crippen LogP contribution in [0.15, 0.2) is 24.3 Å². The first-order chi connectivity index (χ1) is 8.17. The van der Waals surface area contributed by atoms with Crippen molar-refractivity contribution in [3.05, 3.63) is 35.4 Å². The molecular formula is C12H16N2O3. The molecule has 2 amide bonds. The molecule has 0 radical (unpaired) electrons. The Hall–Kier alpha value is -2.04. The van der Waals surface area contributed by atoms with Crippen LogP contribution in [-0.2, 0) is 11.3 Å². The number of carbonyl (C=O) groups excluding carboxylic acids is 2. The smallest absolute Gasteiger partial charge is 0.337 e. The number of benzene rings is 1. The maximum Gasteiger partial charge on any atom is 0.337 e. The molecule has 0 spiro atoms. The van der Waals surface area contributed by atoms with Crippen molar-refractivity contribution in [1.29, 1.82) is 0 Å². The van der Waals surface area contributed by atoms with E-state index in [4.69, 9.17) is 0 Å². The average molecular weight is 236 g/mol. The van der Waals surface area contributed by atoms with E-state index in [2.05, 4.69) is 15.4 Å². The average Bonchev–Trinajstić information content (AvgIpc) is 2.36. The Morgan fingerprint density at radius 3 is 2.35 bits per heavy atom. The van der Waals surface area contributed by atoms with Crippen molar-refractivity contribution in [3.8, 4) is 0 Å². The molecule has 0 bridgehead atoms. The maximum absolute atomic E-state index is 11.2. The summed E-state index contributed by atoms with van der Waals surface area (Å²) in [4.78, 5) is 22.3. The number of methoxy groups -OCH3 is 1. The largest absolute Gasteiger partial charge is 0.465 e. The molecule has 2 N–H and O–H groups in total. The predicted octanol–water partition coefficient (Wildman–Crippen LogP) is 1.29. The summed E-state index contributed by atoms with van der Waals surface area (Å²) in [5.74, 6) is -0.367. The summed E-state index contributed by atoms with van der Waals surface area (Å²) in [6.45, 7) is 2.87. The van der Waals surface area contributed by atoms with Crippen molar-refractivity contribution in [1.82, 2.24) is 10.6 Å². The molecule has 0 heterocycles. The van der Waals surface area contributed by atoms with Gasteiger partial charge in [0.1, 0.15) is 0 Å². The summed E-state index contributed by atoms with van der Waals surface area (Å²) in [6, 6.07) is 6.68. The van der Waals surface area contributed by atoms with E-state index in [0.29, 0.717) is 18.7 Å². The zero-order valence-electron chi connectivity index (χ0n) is 9.95. The molecule has 0 aliphatic carbocycles. The second-order valence-corrected chi connectivity index (χ2v) is 3.40. The van der Waals surface area contributed by atoms with Crippen LogP contribution in [0.25, 0.3) is 0 Å². The minimum absolute atomic E-state index is 0.204. The summed E-state index contributed by atoms with van der Waals surface area (Å²) >= 11 is 0. The van der Waals surface area contributed by atoms with Crippen LogP contribution in [0.5, 0.6) is 0 Å². The molecule has 0 aliphatic heterocycles. The third kappa shape index (κ3) is 4.14. The van der Waals surface area contributed by atoms with Crippen LogP contribution in [0.3, 0.4) is 0 Å². The summed E-state index contributed by atoms with van der Waals surface area (Å²) in [5.41, 5.74) is 1.41. The van der Waals surface area contributed by atoms with Crippen molar-refractivity contribution in [3.63, 3.8) is 0 Å². The number of hydrogen-bond acceptors (Lipinski definition) is 3. The van der Waals surface area contributed by atoms with Gasteiger partial charge in [-0.25, -0.2) is 9.59 Å². The van der Waals surface area contributed by atoms with E-state index in [-0.39, 0.29) is 12.0 Å². The second kappa shape index (κ2) is 6.52. The highest BCUT2D eigenvalue weighted by atomic mass is 16.5. The normalized spacial score (nSPS) is 9.53. The van der Waals surface area contributed by atoms with E-state index >= 15 is 0 Å². The number of amides is 2. The van der Waals surface area contributed by atoms with Gasteiger partial charge in [0.2, 0.25) is 0 Å². The molecule has 92 valence electrons. The molecule has 0 aromatic heterocycles. The van der Waals surface area contributed by atoms with Crippen LogP contribution in [-0.4, -0.2) is 25.7 Å². The van der Waals surface area contributed by atoms with Crippen molar-refractivity contribution in [2.45, 2.75) is 13.5 Å². The van der Waals surface area contributed by atoms with Gasteiger partial charge in [0, 0.05) is 13.1 Å². The lowest BCUT2D eigenvalue weighted by atomic mass is 10.1. The first-order valence-electron chi connectivity index (χ1n) is 5.36. The number of hydrogen-bond donors (Lipinski definition) is 2. The quantitative estimate of drug-likeness (QED) is 0.774. The molecular weight excluding hydrogens is 220 g/mol. The van der Waals surface area contributed by atoms with Gasteiger partial charge in [-0.1, -0.05) is 12.1 Å². The Balaban J connectivity index is 2.51. The topological polar surface area (TPSA) is 67.4 Å². The fourth-order valence-corrected chi connectivity index (χ4v) is 1.28. The highest BCUT2D eigenvalue weighted by molar-refractivity contribution is 5.89. The van der Waals surface area contributed by atoms with E-state index in [0.717, 1.165) is 5.56 Å².